The molecule has 0 bridgehead atoms. The van der Waals surface area contributed by atoms with Crippen LogP contribution in [0, 0.1) is 0 Å². The zero-order valence-electron chi connectivity index (χ0n) is 10.0. The summed E-state index contributed by atoms with van der Waals surface area (Å²) in [6, 6.07) is 4.13. The lowest BCUT2D eigenvalue weighted by Gasteiger charge is -2.18. The molecule has 0 unspecified atom stereocenters. The molecule has 1 saturated carbocycles. The topological polar surface area (TPSA) is 35.2 Å². The van der Waals surface area contributed by atoms with Gasteiger partial charge in [-0.1, -0.05) is 31.5 Å². The van der Waals surface area contributed by atoms with Gasteiger partial charge in [-0.15, -0.1) is 0 Å². The van der Waals surface area contributed by atoms with E-state index in [2.05, 4.69) is 19.9 Å². The van der Waals surface area contributed by atoms with Crippen LogP contribution in [0.4, 0.5) is 0 Å². The highest BCUT2D eigenvalue weighted by atomic mass is 35.5. The van der Waals surface area contributed by atoms with Crippen LogP contribution in [0.1, 0.15) is 43.7 Å². The van der Waals surface area contributed by atoms with Crippen LogP contribution in [-0.2, 0) is 5.54 Å². The lowest BCUT2D eigenvalue weighted by molar-refractivity contribution is 0.413. The van der Waals surface area contributed by atoms with Crippen molar-refractivity contribution in [3.8, 4) is 5.75 Å². The van der Waals surface area contributed by atoms with E-state index < -0.39 is 0 Å². The molecule has 16 heavy (non-hydrogen) atoms. The maximum Gasteiger partial charge on any atom is 0.138 e. The third-order valence-corrected chi connectivity index (χ3v) is 3.66. The van der Waals surface area contributed by atoms with Crippen molar-refractivity contribution in [2.45, 2.75) is 38.1 Å². The Morgan fingerprint density at radius 1 is 1.38 bits per heavy atom. The van der Waals surface area contributed by atoms with Crippen molar-refractivity contribution in [1.82, 2.24) is 0 Å². The first-order valence-corrected chi connectivity index (χ1v) is 6.02. The molecule has 0 spiro atoms. The van der Waals surface area contributed by atoms with Crippen molar-refractivity contribution in [2.75, 3.05) is 7.11 Å². The van der Waals surface area contributed by atoms with Crippen molar-refractivity contribution in [2.24, 2.45) is 5.73 Å². The van der Waals surface area contributed by atoms with E-state index in [1.165, 1.54) is 5.56 Å². The Labute approximate surface area is 102 Å². The largest absolute Gasteiger partial charge is 0.495 e. The van der Waals surface area contributed by atoms with Crippen molar-refractivity contribution >= 4 is 11.6 Å². The molecule has 1 fully saturated rings. The second kappa shape index (κ2) is 3.94. The number of hydrogen-bond donors (Lipinski definition) is 1. The fourth-order valence-electron chi connectivity index (χ4n) is 1.87. The minimum atomic E-state index is -0.213. The van der Waals surface area contributed by atoms with Gasteiger partial charge in [0.2, 0.25) is 0 Å². The van der Waals surface area contributed by atoms with Gasteiger partial charge >= 0.3 is 0 Å². The molecule has 2 rings (SSSR count). The van der Waals surface area contributed by atoms with Crippen LogP contribution in [0.5, 0.6) is 5.75 Å². The normalized spacial score (nSPS) is 17.6. The Morgan fingerprint density at radius 2 is 2.00 bits per heavy atom. The Bertz CT molecular complexity index is 411. The Morgan fingerprint density at radius 3 is 2.44 bits per heavy atom. The highest BCUT2D eigenvalue weighted by molar-refractivity contribution is 6.33. The summed E-state index contributed by atoms with van der Waals surface area (Å²) >= 11 is 6.31. The molecule has 88 valence electrons. The molecule has 0 radical (unpaired) electrons. The summed E-state index contributed by atoms with van der Waals surface area (Å²) in [6.45, 7) is 4.31. The molecule has 0 heterocycles. The molecule has 0 atom stereocenters. The van der Waals surface area contributed by atoms with Gasteiger partial charge in [0, 0.05) is 5.54 Å². The molecule has 1 aromatic carbocycles. The Kier molecular flexibility index (Phi) is 2.89. The zero-order chi connectivity index (χ0) is 11.9. The molecular weight excluding hydrogens is 222 g/mol. The molecule has 0 saturated heterocycles. The summed E-state index contributed by atoms with van der Waals surface area (Å²) in [5.74, 6) is 1.19. The zero-order valence-corrected chi connectivity index (χ0v) is 10.8. The molecule has 1 aliphatic rings. The smallest absolute Gasteiger partial charge is 0.138 e. The lowest BCUT2D eigenvalue weighted by atomic mass is 9.96. The minimum Gasteiger partial charge on any atom is -0.495 e. The van der Waals surface area contributed by atoms with Crippen molar-refractivity contribution in [1.29, 1.82) is 0 Å². The summed E-state index contributed by atoms with van der Waals surface area (Å²) in [5.41, 5.74) is 8.28. The fourth-order valence-corrected chi connectivity index (χ4v) is 2.24. The molecule has 0 amide bonds. The molecular formula is C13H18ClNO. The highest BCUT2D eigenvalue weighted by Gasteiger charge is 2.42. The summed E-state index contributed by atoms with van der Waals surface area (Å²) in [5, 5.41) is 0.673. The number of halogens is 1. The van der Waals surface area contributed by atoms with E-state index in [0.717, 1.165) is 24.2 Å². The first kappa shape index (κ1) is 11.7. The molecule has 3 heteroatoms. The second-order valence-corrected chi connectivity index (χ2v) is 5.27. The highest BCUT2D eigenvalue weighted by Crippen LogP contribution is 2.48. The van der Waals surface area contributed by atoms with E-state index in [0.29, 0.717) is 10.9 Å². The van der Waals surface area contributed by atoms with E-state index in [-0.39, 0.29) is 5.54 Å². The lowest BCUT2D eigenvalue weighted by Crippen LogP contribution is -2.19. The van der Waals surface area contributed by atoms with Crippen molar-refractivity contribution in [3.05, 3.63) is 28.3 Å². The van der Waals surface area contributed by atoms with Gasteiger partial charge in [0.25, 0.3) is 0 Å². The minimum absolute atomic E-state index is 0.213. The quantitative estimate of drug-likeness (QED) is 0.877. The van der Waals surface area contributed by atoms with E-state index >= 15 is 0 Å². The van der Waals surface area contributed by atoms with Gasteiger partial charge in [-0.3, -0.25) is 0 Å². The molecule has 2 nitrogen and oxygen atoms in total. The summed E-state index contributed by atoms with van der Waals surface area (Å²) in [7, 11) is 1.64. The average molecular weight is 240 g/mol. The van der Waals surface area contributed by atoms with Crippen LogP contribution in [-0.4, -0.2) is 7.11 Å². The maximum absolute atomic E-state index is 6.31. The number of rotatable bonds is 3. The van der Waals surface area contributed by atoms with Crippen LogP contribution in [0.15, 0.2) is 12.1 Å². The van der Waals surface area contributed by atoms with Gasteiger partial charge in [-0.25, -0.2) is 0 Å². The van der Waals surface area contributed by atoms with Gasteiger partial charge in [0.15, 0.2) is 0 Å². The molecule has 1 aromatic rings. The summed E-state index contributed by atoms with van der Waals surface area (Å²) < 4.78 is 5.31. The van der Waals surface area contributed by atoms with E-state index in [9.17, 15) is 0 Å². The van der Waals surface area contributed by atoms with E-state index in [1.54, 1.807) is 7.11 Å². The third kappa shape index (κ3) is 1.92. The molecule has 1 aliphatic carbocycles. The van der Waals surface area contributed by atoms with Crippen molar-refractivity contribution < 1.29 is 4.74 Å². The number of ether oxygens (including phenoxy) is 1. The van der Waals surface area contributed by atoms with Crippen molar-refractivity contribution in [3.63, 3.8) is 0 Å². The third-order valence-electron chi connectivity index (χ3n) is 3.27. The Hall–Kier alpha value is -0.730. The van der Waals surface area contributed by atoms with Crippen LogP contribution < -0.4 is 10.5 Å². The number of methoxy groups -OCH3 is 1. The standard InChI is InChI=1S/C13H18ClNO/c1-8(2)9-6-10(13(15)4-5-13)12(14)11(7-9)16-3/h6-8H,4-5,15H2,1-3H3. The number of nitrogens with two attached hydrogens (primary N) is 1. The van der Waals surface area contributed by atoms with Gasteiger partial charge < -0.3 is 10.5 Å². The summed E-state index contributed by atoms with van der Waals surface area (Å²) in [6.07, 6.45) is 2.02. The van der Waals surface area contributed by atoms with Gasteiger partial charge in [-0.05, 0) is 36.0 Å². The first-order valence-electron chi connectivity index (χ1n) is 5.65. The average Bonchev–Trinajstić information content (AvgIpc) is 2.97. The van der Waals surface area contributed by atoms with E-state index in [4.69, 9.17) is 22.1 Å². The predicted molar refractivity (Wildman–Crippen MR) is 67.2 cm³/mol. The molecule has 0 aromatic heterocycles. The monoisotopic (exact) mass is 239 g/mol. The SMILES string of the molecule is COc1cc(C(C)C)cc(C2(N)CC2)c1Cl. The molecule has 2 N–H and O–H groups in total. The summed E-state index contributed by atoms with van der Waals surface area (Å²) in [4.78, 5) is 0. The second-order valence-electron chi connectivity index (χ2n) is 4.90. The van der Waals surface area contributed by atoms with Crippen LogP contribution in [0.25, 0.3) is 0 Å². The van der Waals surface area contributed by atoms with Crippen LogP contribution >= 0.6 is 11.6 Å². The van der Waals surface area contributed by atoms with Crippen LogP contribution in [0.2, 0.25) is 5.02 Å². The van der Waals surface area contributed by atoms with E-state index in [1.807, 2.05) is 6.07 Å². The van der Waals surface area contributed by atoms with Crippen LogP contribution in [0.3, 0.4) is 0 Å². The fraction of sp³-hybridized carbons (Fsp3) is 0.538. The first-order chi connectivity index (χ1) is 7.48. The molecule has 0 aliphatic heterocycles. The van der Waals surface area contributed by atoms with Gasteiger partial charge in [-0.2, -0.15) is 0 Å². The Balaban J connectivity index is 2.54. The number of benzene rings is 1. The van der Waals surface area contributed by atoms with Gasteiger partial charge in [0.05, 0.1) is 12.1 Å². The predicted octanol–water partition coefficient (Wildman–Crippen LogP) is 3.42. The van der Waals surface area contributed by atoms with Gasteiger partial charge in [0.1, 0.15) is 5.75 Å². The number of hydrogen-bond acceptors (Lipinski definition) is 2. The maximum atomic E-state index is 6.31.